The highest BCUT2D eigenvalue weighted by molar-refractivity contribution is 7.10. The van der Waals surface area contributed by atoms with E-state index in [9.17, 15) is 0 Å². The number of oxazole rings is 3. The molecule has 0 unspecified atom stereocenters. The molecule has 0 bridgehead atoms. The maximum atomic E-state index is 5.81. The van der Waals surface area contributed by atoms with Crippen molar-refractivity contribution in [3.05, 3.63) is 284 Å². The SMILES string of the molecule is CC.CC.CC.CC.CC.CC.CC.CC.CC.CC.CC.CC(C)(C)[n+]1ccoc1.CC(C)(C)c1ccc(OCc2ccccc2)cc1.CC(C)(C)c1cccc(Oc2ccccc2)c1.CC(C)(C)c1cnco1.CC(C)(C)c1cncs1.CC(C)(C)c1cscn1.CC(C)(C)c1ncco1.CC(C)(C)c1nccs1.CC(C)(C)n1ccnc1.Cc1nc(C(C)(C)C)no1.Cc1nnc(C(C)(C)C)o1.Cc1snnc1C(C)(C)C. The van der Waals surface area contributed by atoms with Crippen LogP contribution in [-0.2, 0) is 71.8 Å². The minimum atomic E-state index is -0.0265. The first kappa shape index (κ1) is 158. The summed E-state index contributed by atoms with van der Waals surface area (Å²) < 4.78 is 44.7. The number of nitrogens with zero attached hydrogens (tertiary/aromatic N) is 14. The topological polar surface area (TPSA) is 248 Å². The van der Waals surface area contributed by atoms with Crippen LogP contribution in [0.4, 0.5) is 0 Å². The van der Waals surface area contributed by atoms with Crippen LogP contribution in [0.5, 0.6) is 17.2 Å². The van der Waals surface area contributed by atoms with E-state index < -0.39 is 0 Å². The third kappa shape index (κ3) is 76.5. The Morgan fingerprint density at radius 2 is 0.927 bits per heavy atom. The number of rotatable bonds is 5. The van der Waals surface area contributed by atoms with Gasteiger partial charge < -0.3 is 36.2 Å². The van der Waals surface area contributed by atoms with Gasteiger partial charge in [0.15, 0.2) is 29.9 Å². The van der Waals surface area contributed by atoms with Crippen molar-refractivity contribution in [3.8, 4) is 17.2 Å². The largest absolute Gasteiger partial charge is 0.489 e. The maximum Gasteiger partial charge on any atom is 0.334 e. The summed E-state index contributed by atoms with van der Waals surface area (Å²) in [4.78, 5) is 30.9. The van der Waals surface area contributed by atoms with E-state index in [-0.39, 0.29) is 65.2 Å². The summed E-state index contributed by atoms with van der Waals surface area (Å²) >= 11 is 6.56. The molecule has 14 rings (SSSR count). The molecule has 0 N–H and O–H groups in total. The van der Waals surface area contributed by atoms with Crippen molar-refractivity contribution in [1.29, 1.82) is 0 Å². The van der Waals surface area contributed by atoms with Gasteiger partial charge in [-0.05, 0) is 109 Å². The molecule has 0 aliphatic rings. The van der Waals surface area contributed by atoms with E-state index in [0.717, 1.165) is 40.4 Å². The van der Waals surface area contributed by atoms with Crippen molar-refractivity contribution in [3.63, 3.8) is 0 Å². The molecule has 4 aromatic carbocycles. The fourth-order valence-electron chi connectivity index (χ4n) is 9.78. The number of imidazole rings is 1. The third-order valence-electron chi connectivity index (χ3n) is 17.6. The van der Waals surface area contributed by atoms with Crippen LogP contribution in [0.3, 0.4) is 0 Å². The molecule has 21 nitrogen and oxygen atoms in total. The number of para-hydroxylation sites is 1. The Morgan fingerprint density at radius 3 is 1.19 bits per heavy atom. The average molecular weight is 2160 g/mol. The summed E-state index contributed by atoms with van der Waals surface area (Å²) in [5, 5.41) is 20.8. The van der Waals surface area contributed by atoms with Crippen LogP contribution in [0.25, 0.3) is 0 Å². The molecule has 854 valence electrons. The van der Waals surface area contributed by atoms with Crippen LogP contribution >= 0.6 is 45.5 Å². The van der Waals surface area contributed by atoms with Gasteiger partial charge in [0.25, 0.3) is 0 Å². The van der Waals surface area contributed by atoms with Gasteiger partial charge >= 0.3 is 6.39 Å². The second kappa shape index (κ2) is 84.5. The third-order valence-corrected chi connectivity index (χ3v) is 21.2. The van der Waals surface area contributed by atoms with Crippen LogP contribution in [0, 0.1) is 20.8 Å². The van der Waals surface area contributed by atoms with Crippen LogP contribution in [0.15, 0.2) is 228 Å². The van der Waals surface area contributed by atoms with Crippen molar-refractivity contribution >= 4 is 45.5 Å². The molecular formula is C125H219N14O7S4+. The zero-order valence-electron chi connectivity index (χ0n) is 107. The van der Waals surface area contributed by atoms with Gasteiger partial charge in [0.2, 0.25) is 23.9 Å². The van der Waals surface area contributed by atoms with E-state index in [1.54, 1.807) is 85.4 Å². The van der Waals surface area contributed by atoms with E-state index in [0.29, 0.717) is 24.3 Å². The lowest BCUT2D eigenvalue weighted by Gasteiger charge is -2.19. The van der Waals surface area contributed by atoms with Crippen molar-refractivity contribution in [2.24, 2.45) is 0 Å². The van der Waals surface area contributed by atoms with Crippen molar-refractivity contribution < 1.29 is 36.2 Å². The zero-order valence-corrected chi connectivity index (χ0v) is 110. The van der Waals surface area contributed by atoms with Crippen LogP contribution < -0.4 is 14.0 Å². The average Bonchev–Trinajstić information content (AvgIpc) is 1.49. The number of aryl methyl sites for hydroxylation is 3. The summed E-state index contributed by atoms with van der Waals surface area (Å²) in [6.45, 7) is 127. The highest BCUT2D eigenvalue weighted by atomic mass is 32.1. The Hall–Kier alpha value is -9.95. The Morgan fingerprint density at radius 1 is 0.407 bits per heavy atom. The number of aromatic nitrogens is 14. The number of hydrogen-bond acceptors (Lipinski definition) is 23. The highest BCUT2D eigenvalue weighted by Gasteiger charge is 2.26. The number of ether oxygens (including phenoxy) is 2. The molecule has 0 fully saturated rings. The minimum Gasteiger partial charge on any atom is -0.489 e. The summed E-state index contributed by atoms with van der Waals surface area (Å²) in [5.74, 6) is 7.14. The molecule has 0 spiro atoms. The molecule has 0 aliphatic heterocycles. The first-order valence-corrected chi connectivity index (χ1v) is 57.7. The van der Waals surface area contributed by atoms with E-state index in [4.69, 9.17) is 31.7 Å². The van der Waals surface area contributed by atoms with Gasteiger partial charge in [-0.3, -0.25) is 4.98 Å². The lowest BCUT2D eigenvalue weighted by Crippen LogP contribution is -2.47. The fourth-order valence-corrected chi connectivity index (χ4v) is 12.7. The van der Waals surface area contributed by atoms with Gasteiger partial charge in [0.1, 0.15) is 35.9 Å². The smallest absolute Gasteiger partial charge is 0.334 e. The molecular weight excluding hydrogens is 1940 g/mol. The van der Waals surface area contributed by atoms with E-state index in [1.807, 2.05) is 298 Å². The predicted octanol–water partition coefficient (Wildman–Crippen LogP) is 40.3. The fraction of sp³-hybridized carbons (Fsp3) is 0.592. The molecule has 150 heavy (non-hydrogen) atoms. The Labute approximate surface area is 935 Å². The Bertz CT molecular complexity index is 4650. The molecule has 0 amide bonds. The standard InChI is InChI=1S/C17H20O.C16H18O.2C7H12N2O.C7H12N2S.C7H12N2.C7H11NO.C7H12NO.C7H11NO.3C7H11NS.11C2H6/c1-17(2,3)15-9-11-16(12-10-15)18-13-14-7-5-4-6-8-14;1-16(2,3)13-8-7-11-15(12-13)17-14-9-5-4-6-10-14;1-5-8-9-6(10-5)7(2,3)4;1-5-8-6(9-10-5)7(2,3)4;1-5-6(7(2,3)4)8-9-10-5;1-7(2,3)9-5-4-8-6-9;1-7(2,3)6-4-8-5-9-6;1-7(2,3)8-4-5-9-6-8;1-7(2,3)6-8-4-5-9-6;1-7(2,3)6-4-9-5-8-6;1-7(2,3)6-4-8-5-9-6;1-7(2,3)6-8-4-5-9-6;11*1-2/h4-12H,13H2,1-3H3;4-12H,1-3H3;3*1-4H3;4-6H,1-3H3;4-5H,1-3H3;4-6H,1-3H3;4*4-5H,1-3H3;11*1-2H3/q;;;;;;;+1;;;;;;;;;;;;;;;. The molecule has 25 heteroatoms. The lowest BCUT2D eigenvalue weighted by molar-refractivity contribution is -0.756. The molecule has 0 radical (unpaired) electrons. The minimum absolute atomic E-state index is 0.00222. The van der Waals surface area contributed by atoms with Gasteiger partial charge in [0.05, 0.1) is 46.1 Å². The van der Waals surface area contributed by atoms with Gasteiger partial charge in [-0.15, -0.1) is 49.3 Å². The molecule has 10 heterocycles. The Balaban J connectivity index is -0.000000204. The van der Waals surface area contributed by atoms with Crippen LogP contribution in [0.2, 0.25) is 0 Å². The van der Waals surface area contributed by atoms with E-state index in [2.05, 4.69) is 342 Å². The summed E-state index contributed by atoms with van der Waals surface area (Å²) in [6.07, 6.45) is 21.2. The number of thiazole rings is 3. The van der Waals surface area contributed by atoms with Crippen LogP contribution in [0.1, 0.15) is 480 Å². The maximum absolute atomic E-state index is 5.81. The number of benzene rings is 4. The summed E-state index contributed by atoms with van der Waals surface area (Å²) in [6, 6.07) is 36.7. The van der Waals surface area contributed by atoms with E-state index >= 15 is 0 Å². The summed E-state index contributed by atoms with van der Waals surface area (Å²) in [7, 11) is 0. The molecule has 10 aromatic heterocycles. The van der Waals surface area contributed by atoms with Gasteiger partial charge in [-0.2, -0.15) is 9.55 Å². The number of hydrogen-bond donors (Lipinski definition) is 0. The van der Waals surface area contributed by atoms with Gasteiger partial charge in [-0.1, -0.05) is 442 Å². The second-order valence-electron chi connectivity index (χ2n) is 42.7. The Kier molecular flexibility index (Phi) is 88.9. The monoisotopic (exact) mass is 2160 g/mol. The van der Waals surface area contributed by atoms with E-state index in [1.165, 1.54) is 55.1 Å². The molecule has 0 atom stereocenters. The first-order chi connectivity index (χ1) is 69.9. The van der Waals surface area contributed by atoms with Crippen molar-refractivity contribution in [2.75, 3.05) is 0 Å². The molecule has 0 saturated carbocycles. The normalized spacial score (nSPS) is 10.5. The van der Waals surface area contributed by atoms with Crippen LogP contribution in [-0.4, -0.2) is 64.4 Å². The molecule has 0 saturated heterocycles. The quantitative estimate of drug-likeness (QED) is 0.145. The molecule has 14 aromatic rings. The van der Waals surface area contributed by atoms with Crippen molar-refractivity contribution in [1.82, 2.24) is 64.4 Å². The lowest BCUT2D eigenvalue weighted by atomic mass is 9.87. The summed E-state index contributed by atoms with van der Waals surface area (Å²) in [5.41, 5.74) is 11.5. The first-order valence-electron chi connectivity index (χ1n) is 54.3. The zero-order chi connectivity index (χ0) is 119. The van der Waals surface area contributed by atoms with Gasteiger partial charge in [-0.25, -0.2) is 24.9 Å². The predicted molar refractivity (Wildman–Crippen MR) is 655 cm³/mol. The highest BCUT2D eigenvalue weighted by Crippen LogP contribution is 2.32. The molecule has 0 aliphatic carbocycles. The van der Waals surface area contributed by atoms with Crippen molar-refractivity contribution in [2.45, 2.75) is 494 Å². The van der Waals surface area contributed by atoms with Gasteiger partial charge in [0, 0.05) is 123 Å². The second-order valence-corrected chi connectivity index (χ2v) is 46.2.